The maximum atomic E-state index is 6.41. The summed E-state index contributed by atoms with van der Waals surface area (Å²) in [7, 11) is 0. The zero-order valence-electron chi connectivity index (χ0n) is 14.9. The largest absolute Gasteiger partial charge is 0.324 e. The summed E-state index contributed by atoms with van der Waals surface area (Å²) in [5.74, 6) is 0. The fourth-order valence-electron chi connectivity index (χ4n) is 3.46. The van der Waals surface area contributed by atoms with Crippen molar-refractivity contribution in [3.63, 3.8) is 0 Å². The van der Waals surface area contributed by atoms with E-state index in [1.54, 1.807) is 0 Å². The lowest BCUT2D eigenvalue weighted by Crippen LogP contribution is -2.13. The fourth-order valence-corrected chi connectivity index (χ4v) is 3.46. The molecule has 3 aromatic carbocycles. The van der Waals surface area contributed by atoms with Crippen LogP contribution in [0, 0.1) is 6.92 Å². The number of fused-ring (bicyclic) bond motifs is 1. The molecule has 0 saturated carbocycles. The summed E-state index contributed by atoms with van der Waals surface area (Å²) in [5.41, 5.74) is 12.2. The van der Waals surface area contributed by atoms with E-state index in [1.807, 2.05) is 12.3 Å². The summed E-state index contributed by atoms with van der Waals surface area (Å²) in [4.78, 5) is 4.57. The molecule has 2 nitrogen and oxygen atoms in total. The third-order valence-corrected chi connectivity index (χ3v) is 4.94. The van der Waals surface area contributed by atoms with Crippen LogP contribution >= 0.6 is 0 Å². The van der Waals surface area contributed by atoms with E-state index in [4.69, 9.17) is 5.73 Å². The molecule has 0 bridgehead atoms. The first-order valence-electron chi connectivity index (χ1n) is 8.96. The molecule has 0 spiro atoms. The fraction of sp³-hybridized carbons (Fsp3) is 0.125. The van der Waals surface area contributed by atoms with Crippen LogP contribution in [-0.4, -0.2) is 4.98 Å². The van der Waals surface area contributed by atoms with Crippen LogP contribution in [0.5, 0.6) is 0 Å². The normalized spacial score (nSPS) is 12.2. The first kappa shape index (κ1) is 16.5. The van der Waals surface area contributed by atoms with E-state index in [9.17, 15) is 0 Å². The summed E-state index contributed by atoms with van der Waals surface area (Å²) < 4.78 is 0. The second-order valence-electron chi connectivity index (χ2n) is 6.72. The zero-order chi connectivity index (χ0) is 17.9. The molecule has 1 unspecified atom stereocenters. The second-order valence-corrected chi connectivity index (χ2v) is 6.72. The monoisotopic (exact) mass is 338 g/mol. The van der Waals surface area contributed by atoms with E-state index >= 15 is 0 Å². The molecule has 4 rings (SSSR count). The van der Waals surface area contributed by atoms with E-state index in [1.165, 1.54) is 21.9 Å². The highest BCUT2D eigenvalue weighted by Gasteiger charge is 2.10. The second kappa shape index (κ2) is 7.11. The van der Waals surface area contributed by atoms with Crippen molar-refractivity contribution in [2.75, 3.05) is 0 Å². The topological polar surface area (TPSA) is 38.9 Å². The molecule has 0 aliphatic rings. The Morgan fingerprint density at radius 1 is 0.808 bits per heavy atom. The standard InChI is InChI=1S/C24H22N2/c1-17-21-9-5-6-10-22(21)23(16-26-17)19-11-13-20(14-12-19)24(25)15-18-7-3-2-4-8-18/h2-14,16,24H,15,25H2,1H3. The molecule has 128 valence electrons. The predicted octanol–water partition coefficient (Wildman–Crippen LogP) is 5.45. The van der Waals surface area contributed by atoms with Crippen LogP contribution in [0.2, 0.25) is 0 Å². The van der Waals surface area contributed by atoms with Gasteiger partial charge in [0.05, 0.1) is 0 Å². The van der Waals surface area contributed by atoms with Crippen molar-refractivity contribution >= 4 is 10.8 Å². The number of pyridine rings is 1. The highest BCUT2D eigenvalue weighted by Crippen LogP contribution is 2.30. The average Bonchev–Trinajstić information content (AvgIpc) is 2.69. The van der Waals surface area contributed by atoms with Crippen LogP contribution in [0.1, 0.15) is 22.9 Å². The van der Waals surface area contributed by atoms with Gasteiger partial charge in [-0.25, -0.2) is 0 Å². The van der Waals surface area contributed by atoms with Crippen molar-refractivity contribution in [1.82, 2.24) is 4.98 Å². The number of benzene rings is 3. The van der Waals surface area contributed by atoms with Crippen molar-refractivity contribution in [2.45, 2.75) is 19.4 Å². The number of nitrogens with two attached hydrogens (primary N) is 1. The highest BCUT2D eigenvalue weighted by molar-refractivity contribution is 5.97. The van der Waals surface area contributed by atoms with E-state index < -0.39 is 0 Å². The van der Waals surface area contributed by atoms with Gasteiger partial charge in [0.2, 0.25) is 0 Å². The van der Waals surface area contributed by atoms with Crippen LogP contribution in [0.3, 0.4) is 0 Å². The van der Waals surface area contributed by atoms with E-state index in [0.29, 0.717) is 0 Å². The van der Waals surface area contributed by atoms with Crippen LogP contribution in [0.4, 0.5) is 0 Å². The van der Waals surface area contributed by atoms with Gasteiger partial charge in [-0.1, -0.05) is 78.9 Å². The Morgan fingerprint density at radius 3 is 2.19 bits per heavy atom. The van der Waals surface area contributed by atoms with E-state index in [-0.39, 0.29) is 6.04 Å². The Hall–Kier alpha value is -2.97. The van der Waals surface area contributed by atoms with Gasteiger partial charge in [-0.3, -0.25) is 4.98 Å². The zero-order valence-corrected chi connectivity index (χ0v) is 14.9. The predicted molar refractivity (Wildman–Crippen MR) is 109 cm³/mol. The number of rotatable bonds is 4. The number of aromatic nitrogens is 1. The number of hydrogen-bond donors (Lipinski definition) is 1. The molecule has 0 amide bonds. The summed E-state index contributed by atoms with van der Waals surface area (Å²) in [5, 5.41) is 2.44. The Labute approximate surface area is 154 Å². The Kier molecular flexibility index (Phi) is 4.51. The minimum Gasteiger partial charge on any atom is -0.324 e. The Bertz CT molecular complexity index is 1020. The molecule has 0 saturated heterocycles. The molecule has 2 heteroatoms. The molecule has 0 aliphatic carbocycles. The third-order valence-electron chi connectivity index (χ3n) is 4.94. The van der Waals surface area contributed by atoms with E-state index in [0.717, 1.165) is 23.2 Å². The molecule has 1 heterocycles. The minimum absolute atomic E-state index is 0.000614. The first-order valence-corrected chi connectivity index (χ1v) is 8.96. The van der Waals surface area contributed by atoms with Gasteiger partial charge in [0.15, 0.2) is 0 Å². The lowest BCUT2D eigenvalue weighted by Gasteiger charge is -2.14. The van der Waals surface area contributed by atoms with Gasteiger partial charge in [0.1, 0.15) is 0 Å². The van der Waals surface area contributed by atoms with Gasteiger partial charge >= 0.3 is 0 Å². The van der Waals surface area contributed by atoms with Gasteiger partial charge in [-0.15, -0.1) is 0 Å². The van der Waals surface area contributed by atoms with Crippen molar-refractivity contribution in [3.05, 3.63) is 102 Å². The lowest BCUT2D eigenvalue weighted by atomic mass is 9.95. The maximum absolute atomic E-state index is 6.41. The average molecular weight is 338 g/mol. The third kappa shape index (κ3) is 3.24. The summed E-state index contributed by atoms with van der Waals surface area (Å²) in [6.07, 6.45) is 2.81. The van der Waals surface area contributed by atoms with Gasteiger partial charge in [0, 0.05) is 28.9 Å². The Balaban J connectivity index is 1.63. The van der Waals surface area contributed by atoms with Crippen LogP contribution in [0.25, 0.3) is 21.9 Å². The Morgan fingerprint density at radius 2 is 1.46 bits per heavy atom. The molecule has 4 aromatic rings. The van der Waals surface area contributed by atoms with E-state index in [2.05, 4.69) is 84.7 Å². The molecule has 26 heavy (non-hydrogen) atoms. The molecule has 0 fully saturated rings. The molecular weight excluding hydrogens is 316 g/mol. The number of aryl methyl sites for hydroxylation is 1. The molecular formula is C24H22N2. The lowest BCUT2D eigenvalue weighted by molar-refractivity contribution is 0.722. The SMILES string of the molecule is Cc1ncc(-c2ccc(C(N)Cc3ccccc3)cc2)c2ccccc12. The maximum Gasteiger partial charge on any atom is 0.0451 e. The van der Waals surface area contributed by atoms with Gasteiger partial charge in [-0.2, -0.15) is 0 Å². The summed E-state index contributed by atoms with van der Waals surface area (Å²) in [6.45, 7) is 2.05. The molecule has 0 radical (unpaired) electrons. The van der Waals surface area contributed by atoms with Crippen molar-refractivity contribution in [2.24, 2.45) is 5.73 Å². The first-order chi connectivity index (χ1) is 12.7. The summed E-state index contributed by atoms with van der Waals surface area (Å²) in [6, 6.07) is 27.4. The molecule has 0 aliphatic heterocycles. The highest BCUT2D eigenvalue weighted by atomic mass is 14.7. The number of nitrogens with zero attached hydrogens (tertiary/aromatic N) is 1. The van der Waals surface area contributed by atoms with Crippen molar-refractivity contribution in [3.8, 4) is 11.1 Å². The van der Waals surface area contributed by atoms with Crippen molar-refractivity contribution in [1.29, 1.82) is 0 Å². The molecule has 1 atom stereocenters. The number of hydrogen-bond acceptors (Lipinski definition) is 2. The van der Waals surface area contributed by atoms with Gasteiger partial charge in [-0.05, 0) is 35.4 Å². The molecule has 1 aromatic heterocycles. The quantitative estimate of drug-likeness (QED) is 0.537. The molecule has 2 N–H and O–H groups in total. The van der Waals surface area contributed by atoms with Crippen LogP contribution in [0.15, 0.2) is 85.1 Å². The van der Waals surface area contributed by atoms with Gasteiger partial charge < -0.3 is 5.73 Å². The summed E-state index contributed by atoms with van der Waals surface area (Å²) >= 11 is 0. The van der Waals surface area contributed by atoms with Crippen LogP contribution < -0.4 is 5.73 Å². The van der Waals surface area contributed by atoms with Crippen LogP contribution in [-0.2, 0) is 6.42 Å². The van der Waals surface area contributed by atoms with Gasteiger partial charge in [0.25, 0.3) is 0 Å². The minimum atomic E-state index is -0.000614. The van der Waals surface area contributed by atoms with Crippen molar-refractivity contribution < 1.29 is 0 Å². The smallest absolute Gasteiger partial charge is 0.0451 e.